The van der Waals surface area contributed by atoms with Crippen LogP contribution in [0.5, 0.6) is 0 Å². The van der Waals surface area contributed by atoms with Crippen molar-refractivity contribution < 1.29 is 24.4 Å². The van der Waals surface area contributed by atoms with E-state index < -0.39 is 36.1 Å². The summed E-state index contributed by atoms with van der Waals surface area (Å²) < 4.78 is 17.6. The van der Waals surface area contributed by atoms with Gasteiger partial charge in [0.05, 0.1) is 6.61 Å². The van der Waals surface area contributed by atoms with Crippen molar-refractivity contribution in [2.75, 3.05) is 6.61 Å². The van der Waals surface area contributed by atoms with Crippen molar-refractivity contribution in [2.24, 2.45) is 0 Å². The third-order valence-electron chi connectivity index (χ3n) is 4.40. The summed E-state index contributed by atoms with van der Waals surface area (Å²) in [5, 5.41) is 21.0. The Kier molecular flexibility index (Phi) is 5.08. The van der Waals surface area contributed by atoms with E-state index in [1.807, 2.05) is 60.7 Å². The lowest BCUT2D eigenvalue weighted by molar-refractivity contribution is -0.318. The van der Waals surface area contributed by atoms with Gasteiger partial charge in [-0.2, -0.15) is 0 Å². The van der Waals surface area contributed by atoms with E-state index in [-0.39, 0.29) is 0 Å². The summed E-state index contributed by atoms with van der Waals surface area (Å²) in [7, 11) is 0. The fourth-order valence-electron chi connectivity index (χ4n) is 3.09. The van der Waals surface area contributed by atoms with Crippen LogP contribution >= 0.6 is 11.8 Å². The van der Waals surface area contributed by atoms with Gasteiger partial charge in [0.2, 0.25) is 0 Å². The highest BCUT2D eigenvalue weighted by atomic mass is 32.2. The summed E-state index contributed by atoms with van der Waals surface area (Å²) in [4.78, 5) is 0.969. The first-order chi connectivity index (χ1) is 12.2. The number of aliphatic hydroxyl groups is 2. The zero-order valence-electron chi connectivity index (χ0n) is 13.5. The SMILES string of the molecule is OC1[C@@H](Sc2ccccc2)OC2COC(c3ccccc3)O[C@H]2[C@@H]1O. The molecule has 4 rings (SSSR count). The first-order valence-corrected chi connectivity index (χ1v) is 9.15. The molecule has 2 aliphatic heterocycles. The van der Waals surface area contributed by atoms with Gasteiger partial charge in [0.15, 0.2) is 6.29 Å². The second kappa shape index (κ2) is 7.45. The van der Waals surface area contributed by atoms with Gasteiger partial charge in [-0.15, -0.1) is 0 Å². The van der Waals surface area contributed by atoms with Gasteiger partial charge >= 0.3 is 0 Å². The van der Waals surface area contributed by atoms with Crippen LogP contribution in [0, 0.1) is 0 Å². The van der Waals surface area contributed by atoms with Crippen LogP contribution in [0.2, 0.25) is 0 Å². The maximum Gasteiger partial charge on any atom is 0.184 e. The minimum atomic E-state index is -1.04. The molecule has 132 valence electrons. The largest absolute Gasteiger partial charge is 0.387 e. The summed E-state index contributed by atoms with van der Waals surface area (Å²) in [6, 6.07) is 19.2. The number of thioether (sulfide) groups is 1. The van der Waals surface area contributed by atoms with Gasteiger partial charge in [-0.25, -0.2) is 0 Å². The molecule has 0 spiro atoms. The van der Waals surface area contributed by atoms with Crippen molar-refractivity contribution >= 4 is 11.8 Å². The van der Waals surface area contributed by atoms with Gasteiger partial charge in [-0.05, 0) is 12.1 Å². The highest BCUT2D eigenvalue weighted by molar-refractivity contribution is 7.99. The van der Waals surface area contributed by atoms with Crippen LogP contribution in [0.25, 0.3) is 0 Å². The first kappa shape index (κ1) is 17.0. The van der Waals surface area contributed by atoms with Gasteiger partial charge in [0.1, 0.15) is 29.9 Å². The second-order valence-corrected chi connectivity index (χ2v) is 7.30. The average molecular weight is 360 g/mol. The lowest BCUT2D eigenvalue weighted by Crippen LogP contribution is -2.60. The Hall–Kier alpha value is -1.41. The predicted molar refractivity (Wildman–Crippen MR) is 93.0 cm³/mol. The molecule has 0 aromatic heterocycles. The number of hydrogen-bond acceptors (Lipinski definition) is 6. The average Bonchev–Trinajstić information content (AvgIpc) is 2.67. The summed E-state index contributed by atoms with van der Waals surface area (Å²) in [5.41, 5.74) is 0.308. The fraction of sp³-hybridized carbons (Fsp3) is 0.368. The zero-order valence-corrected chi connectivity index (χ0v) is 14.3. The summed E-state index contributed by atoms with van der Waals surface area (Å²) >= 11 is 1.39. The molecule has 25 heavy (non-hydrogen) atoms. The molecule has 2 aromatic carbocycles. The molecule has 2 N–H and O–H groups in total. The molecule has 2 aliphatic rings. The molecular formula is C19H20O5S. The van der Waals surface area contributed by atoms with Crippen molar-refractivity contribution in [3.05, 3.63) is 66.2 Å². The number of hydrogen-bond donors (Lipinski definition) is 2. The fourth-order valence-corrected chi connectivity index (χ4v) is 4.17. The third-order valence-corrected chi connectivity index (χ3v) is 5.57. The van der Waals surface area contributed by atoms with Gasteiger partial charge in [-0.3, -0.25) is 0 Å². The highest BCUT2D eigenvalue weighted by Gasteiger charge is 2.49. The molecule has 6 atom stereocenters. The summed E-state index contributed by atoms with van der Waals surface area (Å²) in [6.07, 6.45) is -3.68. The van der Waals surface area contributed by atoms with Crippen LogP contribution in [-0.2, 0) is 14.2 Å². The molecule has 0 radical (unpaired) electrons. The molecule has 0 amide bonds. The highest BCUT2D eigenvalue weighted by Crippen LogP contribution is 2.38. The Morgan fingerprint density at radius 3 is 2.24 bits per heavy atom. The van der Waals surface area contributed by atoms with E-state index in [4.69, 9.17) is 14.2 Å². The number of fused-ring (bicyclic) bond motifs is 1. The normalized spacial score (nSPS) is 35.1. The molecular weight excluding hydrogens is 340 g/mol. The Morgan fingerprint density at radius 1 is 0.840 bits per heavy atom. The van der Waals surface area contributed by atoms with Gasteiger partial charge < -0.3 is 24.4 Å². The topological polar surface area (TPSA) is 68.2 Å². The molecule has 0 bridgehead atoms. The molecule has 6 heteroatoms. The Morgan fingerprint density at radius 2 is 1.52 bits per heavy atom. The van der Waals surface area contributed by atoms with Gasteiger partial charge in [0, 0.05) is 10.5 Å². The van der Waals surface area contributed by atoms with Crippen LogP contribution in [-0.4, -0.2) is 46.7 Å². The van der Waals surface area contributed by atoms with Crippen molar-refractivity contribution in [3.8, 4) is 0 Å². The maximum absolute atomic E-state index is 10.6. The van der Waals surface area contributed by atoms with E-state index in [1.54, 1.807) is 0 Å². The molecule has 5 nitrogen and oxygen atoms in total. The Labute approximate surface area is 150 Å². The van der Waals surface area contributed by atoms with Crippen LogP contribution in [0.3, 0.4) is 0 Å². The second-order valence-electron chi connectivity index (χ2n) is 6.13. The molecule has 2 fully saturated rings. The monoisotopic (exact) mass is 360 g/mol. The zero-order chi connectivity index (χ0) is 17.2. The van der Waals surface area contributed by atoms with Crippen LogP contribution in [0.4, 0.5) is 0 Å². The summed E-state index contributed by atoms with van der Waals surface area (Å²) in [6.45, 7) is 0.305. The first-order valence-electron chi connectivity index (χ1n) is 8.28. The maximum atomic E-state index is 10.6. The summed E-state index contributed by atoms with van der Waals surface area (Å²) in [5.74, 6) is 0. The number of benzene rings is 2. The molecule has 0 saturated carbocycles. The van der Waals surface area contributed by atoms with Crippen LogP contribution < -0.4 is 0 Å². The smallest absolute Gasteiger partial charge is 0.184 e. The van der Waals surface area contributed by atoms with Gasteiger partial charge in [0.25, 0.3) is 0 Å². The third kappa shape index (κ3) is 3.60. The number of ether oxygens (including phenoxy) is 3. The van der Waals surface area contributed by atoms with E-state index >= 15 is 0 Å². The standard InChI is InChI=1S/C19H20O5S/c20-15-16(21)19(25-13-9-5-2-6-10-13)23-14-11-22-18(24-17(14)15)12-7-3-1-4-8-12/h1-10,14-21H,11H2/t14?,15-,16?,17-,18?,19-/m1/s1. The molecule has 2 heterocycles. The number of aliphatic hydroxyl groups excluding tert-OH is 2. The van der Waals surface area contributed by atoms with Crippen LogP contribution in [0.1, 0.15) is 11.9 Å². The lowest BCUT2D eigenvalue weighted by Gasteiger charge is -2.46. The molecule has 2 saturated heterocycles. The van der Waals surface area contributed by atoms with Crippen molar-refractivity contribution in [2.45, 2.75) is 41.0 Å². The Balaban J connectivity index is 1.46. The minimum Gasteiger partial charge on any atom is -0.387 e. The van der Waals surface area contributed by atoms with E-state index in [0.29, 0.717) is 6.61 Å². The van der Waals surface area contributed by atoms with E-state index in [2.05, 4.69) is 0 Å². The lowest BCUT2D eigenvalue weighted by atomic mass is 9.99. The number of rotatable bonds is 3. The van der Waals surface area contributed by atoms with E-state index in [1.165, 1.54) is 11.8 Å². The van der Waals surface area contributed by atoms with Gasteiger partial charge in [-0.1, -0.05) is 60.3 Å². The minimum absolute atomic E-state index is 0.305. The molecule has 3 unspecified atom stereocenters. The van der Waals surface area contributed by atoms with Crippen LogP contribution in [0.15, 0.2) is 65.6 Å². The van der Waals surface area contributed by atoms with E-state index in [9.17, 15) is 10.2 Å². The quantitative estimate of drug-likeness (QED) is 0.876. The molecule has 2 aromatic rings. The predicted octanol–water partition coefficient (Wildman–Crippen LogP) is 2.34. The van der Waals surface area contributed by atoms with Crippen molar-refractivity contribution in [1.29, 1.82) is 0 Å². The molecule has 0 aliphatic carbocycles. The van der Waals surface area contributed by atoms with Crippen molar-refractivity contribution in [1.82, 2.24) is 0 Å². The van der Waals surface area contributed by atoms with Crippen molar-refractivity contribution in [3.63, 3.8) is 0 Å². The van der Waals surface area contributed by atoms with E-state index in [0.717, 1.165) is 10.5 Å². The Bertz CT molecular complexity index is 681.